The smallest absolute Gasteiger partial charge is 0.0931 e. The average Bonchev–Trinajstić information content (AvgIpc) is 2.51. The Morgan fingerprint density at radius 3 is 2.69 bits per heavy atom. The normalized spacial score (nSPS) is 15.7. The van der Waals surface area contributed by atoms with Crippen LogP contribution in [0.2, 0.25) is 4.34 Å². The highest BCUT2D eigenvalue weighted by molar-refractivity contribution is 7.16. The highest BCUT2D eigenvalue weighted by Crippen LogP contribution is 2.26. The maximum Gasteiger partial charge on any atom is 0.0931 e. The molecular formula is C9H14ClNOS. The fraction of sp³-hybridized carbons (Fsp3) is 0.556. The van der Waals surface area contributed by atoms with Crippen molar-refractivity contribution in [1.29, 1.82) is 0 Å². The lowest BCUT2D eigenvalue weighted by Gasteiger charge is -2.16. The molecule has 1 aromatic heterocycles. The Labute approximate surface area is 87.5 Å². The third-order valence-corrected chi connectivity index (χ3v) is 3.24. The number of aliphatic hydroxyl groups excluding tert-OH is 1. The lowest BCUT2D eigenvalue weighted by molar-refractivity contribution is 0.243. The van der Waals surface area contributed by atoms with E-state index in [4.69, 9.17) is 16.7 Å². The van der Waals surface area contributed by atoms with Crippen LogP contribution in [0.4, 0.5) is 0 Å². The molecule has 2 N–H and O–H groups in total. The molecule has 0 radical (unpaired) electrons. The van der Waals surface area contributed by atoms with Crippen molar-refractivity contribution in [3.8, 4) is 0 Å². The number of aliphatic hydroxyl groups is 1. The van der Waals surface area contributed by atoms with Crippen molar-refractivity contribution in [2.75, 3.05) is 6.61 Å². The predicted octanol–water partition coefficient (Wildman–Crippen LogP) is 2.43. The number of rotatable bonds is 4. The molecule has 0 aromatic carbocycles. The first kappa shape index (κ1) is 11.0. The van der Waals surface area contributed by atoms with Crippen molar-refractivity contribution < 1.29 is 5.11 Å². The molecule has 4 heteroatoms. The summed E-state index contributed by atoms with van der Waals surface area (Å²) < 4.78 is 0.806. The van der Waals surface area contributed by atoms with E-state index in [0.717, 1.165) is 4.34 Å². The van der Waals surface area contributed by atoms with E-state index in [0.29, 0.717) is 0 Å². The zero-order chi connectivity index (χ0) is 9.84. The van der Waals surface area contributed by atoms with Crippen molar-refractivity contribution in [2.24, 2.45) is 0 Å². The first-order valence-electron chi connectivity index (χ1n) is 4.25. The van der Waals surface area contributed by atoms with Gasteiger partial charge in [0.05, 0.1) is 10.9 Å². The van der Waals surface area contributed by atoms with Crippen LogP contribution in [0.5, 0.6) is 0 Å². The van der Waals surface area contributed by atoms with Crippen LogP contribution in [0, 0.1) is 0 Å². The third kappa shape index (κ3) is 3.27. The number of halogens is 1. The lowest BCUT2D eigenvalue weighted by Crippen LogP contribution is -2.31. The Bertz CT molecular complexity index is 264. The number of hydrogen-bond acceptors (Lipinski definition) is 3. The lowest BCUT2D eigenvalue weighted by atomic mass is 10.2. The number of hydrogen-bond donors (Lipinski definition) is 2. The molecule has 0 aliphatic rings. The first-order valence-corrected chi connectivity index (χ1v) is 5.45. The molecule has 0 fully saturated rings. The van der Waals surface area contributed by atoms with Crippen LogP contribution in [0.15, 0.2) is 12.1 Å². The van der Waals surface area contributed by atoms with Crippen molar-refractivity contribution in [3.63, 3.8) is 0 Å². The van der Waals surface area contributed by atoms with Gasteiger partial charge in [-0.15, -0.1) is 11.3 Å². The van der Waals surface area contributed by atoms with E-state index in [9.17, 15) is 0 Å². The summed E-state index contributed by atoms with van der Waals surface area (Å²) in [5.74, 6) is 0. The molecule has 0 bridgehead atoms. The molecule has 2 atom stereocenters. The van der Waals surface area contributed by atoms with Crippen molar-refractivity contribution in [2.45, 2.75) is 25.9 Å². The van der Waals surface area contributed by atoms with Gasteiger partial charge in [-0.1, -0.05) is 11.6 Å². The van der Waals surface area contributed by atoms with Crippen LogP contribution in [-0.4, -0.2) is 17.8 Å². The highest BCUT2D eigenvalue weighted by atomic mass is 35.5. The molecule has 0 unspecified atom stereocenters. The highest BCUT2D eigenvalue weighted by Gasteiger charge is 2.10. The van der Waals surface area contributed by atoms with E-state index in [1.807, 2.05) is 19.1 Å². The second-order valence-corrected chi connectivity index (χ2v) is 4.86. The van der Waals surface area contributed by atoms with Crippen molar-refractivity contribution in [1.82, 2.24) is 5.32 Å². The van der Waals surface area contributed by atoms with Crippen LogP contribution in [-0.2, 0) is 0 Å². The molecule has 0 saturated heterocycles. The molecular weight excluding hydrogens is 206 g/mol. The summed E-state index contributed by atoms with van der Waals surface area (Å²) in [5.41, 5.74) is 0. The van der Waals surface area contributed by atoms with Crippen LogP contribution in [0.1, 0.15) is 24.8 Å². The minimum Gasteiger partial charge on any atom is -0.395 e. The fourth-order valence-electron chi connectivity index (χ4n) is 1.12. The predicted molar refractivity (Wildman–Crippen MR) is 57.4 cm³/mol. The third-order valence-electron chi connectivity index (χ3n) is 1.83. The fourth-order valence-corrected chi connectivity index (χ4v) is 2.20. The molecule has 0 spiro atoms. The Hall–Kier alpha value is -0.0900. The summed E-state index contributed by atoms with van der Waals surface area (Å²) in [5, 5.41) is 12.1. The van der Waals surface area contributed by atoms with Gasteiger partial charge in [0.2, 0.25) is 0 Å². The van der Waals surface area contributed by atoms with Gasteiger partial charge in [-0.3, -0.25) is 0 Å². The average molecular weight is 220 g/mol. The summed E-state index contributed by atoms with van der Waals surface area (Å²) in [6.07, 6.45) is 0. The van der Waals surface area contributed by atoms with Gasteiger partial charge in [-0.25, -0.2) is 0 Å². The van der Waals surface area contributed by atoms with Gasteiger partial charge in [0.15, 0.2) is 0 Å². The molecule has 1 rings (SSSR count). The Balaban J connectivity index is 2.53. The van der Waals surface area contributed by atoms with E-state index in [1.54, 1.807) is 11.3 Å². The van der Waals surface area contributed by atoms with Crippen molar-refractivity contribution >= 4 is 22.9 Å². The summed E-state index contributed by atoms with van der Waals surface area (Å²) in [4.78, 5) is 1.20. The van der Waals surface area contributed by atoms with Crippen LogP contribution in [0.25, 0.3) is 0 Å². The Morgan fingerprint density at radius 2 is 2.23 bits per heavy atom. The molecule has 1 heterocycles. The van der Waals surface area contributed by atoms with Gasteiger partial charge in [0.25, 0.3) is 0 Å². The second kappa shape index (κ2) is 4.96. The van der Waals surface area contributed by atoms with Gasteiger partial charge in [-0.2, -0.15) is 0 Å². The SMILES string of the molecule is C[C@H](N[C@@H](C)CO)c1ccc(Cl)s1. The van der Waals surface area contributed by atoms with Gasteiger partial charge >= 0.3 is 0 Å². The topological polar surface area (TPSA) is 32.3 Å². The summed E-state index contributed by atoms with van der Waals surface area (Å²) in [6.45, 7) is 4.17. The van der Waals surface area contributed by atoms with E-state index in [1.165, 1.54) is 4.88 Å². The summed E-state index contributed by atoms with van der Waals surface area (Å²) >= 11 is 7.39. The zero-order valence-electron chi connectivity index (χ0n) is 7.75. The van der Waals surface area contributed by atoms with Gasteiger partial charge < -0.3 is 10.4 Å². The Morgan fingerprint density at radius 1 is 1.54 bits per heavy atom. The second-order valence-electron chi connectivity index (χ2n) is 3.11. The van der Waals surface area contributed by atoms with Gasteiger partial charge in [0.1, 0.15) is 0 Å². The molecule has 0 amide bonds. The molecule has 0 aliphatic heterocycles. The minimum atomic E-state index is 0.121. The van der Waals surface area contributed by atoms with E-state index < -0.39 is 0 Å². The number of nitrogens with one attached hydrogen (secondary N) is 1. The zero-order valence-corrected chi connectivity index (χ0v) is 9.32. The molecule has 0 aliphatic carbocycles. The summed E-state index contributed by atoms with van der Waals surface area (Å²) in [6, 6.07) is 4.27. The molecule has 0 saturated carbocycles. The minimum absolute atomic E-state index is 0.121. The molecule has 2 nitrogen and oxygen atoms in total. The number of thiophene rings is 1. The van der Waals surface area contributed by atoms with Gasteiger partial charge in [-0.05, 0) is 26.0 Å². The van der Waals surface area contributed by atoms with E-state index in [-0.39, 0.29) is 18.7 Å². The maximum atomic E-state index is 8.85. The molecule has 1 aromatic rings. The van der Waals surface area contributed by atoms with E-state index in [2.05, 4.69) is 12.2 Å². The van der Waals surface area contributed by atoms with Crippen LogP contribution >= 0.6 is 22.9 Å². The summed E-state index contributed by atoms with van der Waals surface area (Å²) in [7, 11) is 0. The quantitative estimate of drug-likeness (QED) is 0.816. The van der Waals surface area contributed by atoms with Crippen molar-refractivity contribution in [3.05, 3.63) is 21.3 Å². The Kier molecular flexibility index (Phi) is 4.19. The molecule has 74 valence electrons. The standard InChI is InChI=1S/C9H14ClNOS/c1-6(5-12)11-7(2)8-3-4-9(10)13-8/h3-4,6-7,11-12H,5H2,1-2H3/t6-,7-/m0/s1. The van der Waals surface area contributed by atoms with Gasteiger partial charge in [0, 0.05) is 17.0 Å². The van der Waals surface area contributed by atoms with Crippen LogP contribution in [0.3, 0.4) is 0 Å². The molecule has 13 heavy (non-hydrogen) atoms. The maximum absolute atomic E-state index is 8.85. The first-order chi connectivity index (χ1) is 6.13. The van der Waals surface area contributed by atoms with Crippen LogP contribution < -0.4 is 5.32 Å². The monoisotopic (exact) mass is 219 g/mol. The van der Waals surface area contributed by atoms with E-state index >= 15 is 0 Å². The largest absolute Gasteiger partial charge is 0.395 e.